The Bertz CT molecular complexity index is 2900. The highest BCUT2D eigenvalue weighted by atomic mass is 32.2. The summed E-state index contributed by atoms with van der Waals surface area (Å²) >= 11 is 3.63. The summed E-state index contributed by atoms with van der Waals surface area (Å²) in [6.07, 6.45) is 0. The number of hydrogen-bond acceptors (Lipinski definition) is 6. The molecule has 0 spiro atoms. The van der Waals surface area contributed by atoms with Crippen LogP contribution in [-0.4, -0.2) is 0 Å². The molecule has 0 unspecified atom stereocenters. The van der Waals surface area contributed by atoms with Crippen LogP contribution >= 0.6 is 23.5 Å². The third-order valence-electron chi connectivity index (χ3n) is 10.4. The Hall–Kier alpha value is -6.08. The summed E-state index contributed by atoms with van der Waals surface area (Å²) < 4.78 is 13.6. The zero-order valence-corrected chi connectivity index (χ0v) is 29.2. The van der Waals surface area contributed by atoms with Crippen LogP contribution in [0, 0.1) is 0 Å². The topological polar surface area (TPSA) is 28.9 Å². The van der Waals surface area contributed by atoms with Gasteiger partial charge in [-0.25, -0.2) is 0 Å². The van der Waals surface area contributed by atoms with Gasteiger partial charge in [-0.2, -0.15) is 0 Å². The number of hydrogen-bond donors (Lipinski definition) is 0. The maximum Gasteiger partial charge on any atom is 0.137 e. The van der Waals surface area contributed by atoms with Crippen molar-refractivity contribution in [2.24, 2.45) is 0 Å². The Morgan fingerprint density at radius 2 is 0.942 bits per heavy atom. The first-order valence-corrected chi connectivity index (χ1v) is 19.0. The first-order valence-electron chi connectivity index (χ1n) is 17.3. The second-order valence-corrected chi connectivity index (χ2v) is 15.5. The molecule has 0 radical (unpaired) electrons. The number of nitrogens with zero attached hydrogens (tertiary/aromatic N) is 2. The van der Waals surface area contributed by atoms with Gasteiger partial charge >= 0.3 is 0 Å². The van der Waals surface area contributed by atoms with Crippen LogP contribution in [0.1, 0.15) is 0 Å². The summed E-state index contributed by atoms with van der Waals surface area (Å²) in [5.41, 5.74) is 10.7. The lowest BCUT2D eigenvalue weighted by Gasteiger charge is -2.33. The van der Waals surface area contributed by atoms with Crippen LogP contribution in [0.15, 0.2) is 182 Å². The van der Waals surface area contributed by atoms with Gasteiger partial charge < -0.3 is 19.0 Å². The molecular formula is C46H26N2O2S2. The first-order chi connectivity index (χ1) is 25.8. The maximum absolute atomic E-state index is 6.80. The van der Waals surface area contributed by atoms with E-state index in [1.165, 1.54) is 42.3 Å². The summed E-state index contributed by atoms with van der Waals surface area (Å²) in [4.78, 5) is 9.64. The molecule has 52 heavy (non-hydrogen) atoms. The van der Waals surface area contributed by atoms with Crippen molar-refractivity contribution in [3.8, 4) is 22.6 Å². The van der Waals surface area contributed by atoms with E-state index in [4.69, 9.17) is 9.15 Å². The average Bonchev–Trinajstić information content (AvgIpc) is 3.56. The second kappa shape index (κ2) is 10.7. The molecule has 0 atom stereocenters. The predicted octanol–water partition coefficient (Wildman–Crippen LogP) is 14.4. The second-order valence-electron chi connectivity index (χ2n) is 13.3. The van der Waals surface area contributed by atoms with E-state index >= 15 is 0 Å². The highest BCUT2D eigenvalue weighted by Crippen LogP contribution is 2.56. The molecule has 0 N–H and O–H groups in total. The van der Waals surface area contributed by atoms with Crippen molar-refractivity contribution in [2.45, 2.75) is 19.6 Å². The lowest BCUT2D eigenvalue weighted by Crippen LogP contribution is -2.15. The Labute approximate surface area is 307 Å². The summed E-state index contributed by atoms with van der Waals surface area (Å²) in [5, 5.41) is 4.45. The van der Waals surface area contributed by atoms with E-state index in [9.17, 15) is 0 Å². The number of fused-ring (bicyclic) bond motifs is 10. The Morgan fingerprint density at radius 3 is 1.56 bits per heavy atom. The highest BCUT2D eigenvalue weighted by molar-refractivity contribution is 8.00. The number of furan rings is 1. The Kier molecular flexibility index (Phi) is 5.89. The van der Waals surface area contributed by atoms with Crippen molar-refractivity contribution in [3.05, 3.63) is 158 Å². The molecule has 12 rings (SSSR count). The zero-order chi connectivity index (χ0) is 33.9. The zero-order valence-electron chi connectivity index (χ0n) is 27.5. The fourth-order valence-corrected chi connectivity index (χ4v) is 10.3. The SMILES string of the molecule is c1ccc2c(c1)Sc1ccccc1N2c1ccc2c(c1)Oc1cccc3c1c-2cc1oc2cc(N4c5ccccc5Sc5ccccc54)ccc2c13. The van der Waals surface area contributed by atoms with E-state index < -0.39 is 0 Å². The van der Waals surface area contributed by atoms with Crippen molar-refractivity contribution in [2.75, 3.05) is 9.80 Å². The first kappa shape index (κ1) is 28.6. The molecule has 4 heterocycles. The molecule has 0 aliphatic carbocycles. The molecule has 0 saturated heterocycles. The maximum atomic E-state index is 6.80. The fraction of sp³-hybridized carbons (Fsp3) is 0. The lowest BCUT2D eigenvalue weighted by atomic mass is 9.92. The van der Waals surface area contributed by atoms with Crippen LogP contribution in [0.2, 0.25) is 0 Å². The number of anilines is 6. The van der Waals surface area contributed by atoms with Gasteiger partial charge in [0.05, 0.1) is 22.7 Å². The van der Waals surface area contributed by atoms with Gasteiger partial charge in [-0.15, -0.1) is 0 Å². The van der Waals surface area contributed by atoms with E-state index in [1.807, 2.05) is 23.5 Å². The highest BCUT2D eigenvalue weighted by Gasteiger charge is 2.29. The molecular weight excluding hydrogens is 677 g/mol. The van der Waals surface area contributed by atoms with Crippen LogP contribution < -0.4 is 14.5 Å². The van der Waals surface area contributed by atoms with Crippen LogP contribution in [-0.2, 0) is 0 Å². The van der Waals surface area contributed by atoms with Gasteiger partial charge in [0, 0.05) is 70.4 Å². The van der Waals surface area contributed by atoms with Crippen LogP contribution in [0.5, 0.6) is 11.5 Å². The summed E-state index contributed by atoms with van der Waals surface area (Å²) in [5.74, 6) is 1.70. The van der Waals surface area contributed by atoms with Gasteiger partial charge in [-0.1, -0.05) is 84.2 Å². The van der Waals surface area contributed by atoms with E-state index in [2.05, 4.69) is 168 Å². The summed E-state index contributed by atoms with van der Waals surface area (Å²) in [6, 6.07) is 56.3. The molecule has 0 saturated carbocycles. The minimum Gasteiger partial charge on any atom is -0.456 e. The lowest BCUT2D eigenvalue weighted by molar-refractivity contribution is 0.487. The Balaban J connectivity index is 1.02. The molecule has 1 aromatic heterocycles. The van der Waals surface area contributed by atoms with Crippen molar-refractivity contribution in [1.82, 2.24) is 0 Å². The van der Waals surface area contributed by atoms with E-state index in [-0.39, 0.29) is 0 Å². The van der Waals surface area contributed by atoms with Crippen LogP contribution in [0.25, 0.3) is 43.8 Å². The molecule has 6 heteroatoms. The molecule has 8 aromatic carbocycles. The third kappa shape index (κ3) is 4.02. The molecule has 4 nitrogen and oxygen atoms in total. The van der Waals surface area contributed by atoms with Crippen LogP contribution in [0.3, 0.4) is 0 Å². The van der Waals surface area contributed by atoms with E-state index in [0.717, 1.165) is 66.7 Å². The van der Waals surface area contributed by atoms with E-state index in [0.29, 0.717) is 0 Å². The third-order valence-corrected chi connectivity index (χ3v) is 12.7. The minimum absolute atomic E-state index is 0.837. The fourth-order valence-electron chi connectivity index (χ4n) is 8.18. The number of benzene rings is 8. The van der Waals surface area contributed by atoms with Crippen molar-refractivity contribution < 1.29 is 9.15 Å². The molecule has 244 valence electrons. The van der Waals surface area contributed by atoms with Gasteiger partial charge in [-0.05, 0) is 90.3 Å². The number of para-hydroxylation sites is 4. The summed E-state index contributed by atoms with van der Waals surface area (Å²) in [7, 11) is 0. The van der Waals surface area contributed by atoms with E-state index in [1.54, 1.807) is 0 Å². The molecule has 0 amide bonds. The van der Waals surface area contributed by atoms with Gasteiger partial charge in [0.1, 0.15) is 22.7 Å². The molecule has 0 fully saturated rings. The van der Waals surface area contributed by atoms with Crippen LogP contribution in [0.4, 0.5) is 34.1 Å². The van der Waals surface area contributed by atoms with Crippen molar-refractivity contribution in [1.29, 1.82) is 0 Å². The average molecular weight is 703 g/mol. The van der Waals surface area contributed by atoms with Gasteiger partial charge in [0.15, 0.2) is 0 Å². The minimum atomic E-state index is 0.837. The monoisotopic (exact) mass is 702 g/mol. The van der Waals surface area contributed by atoms with Gasteiger partial charge in [0.25, 0.3) is 0 Å². The smallest absolute Gasteiger partial charge is 0.137 e. The normalized spacial score (nSPS) is 13.7. The molecule has 3 aliphatic rings. The number of ether oxygens (including phenoxy) is 1. The molecule has 9 aromatic rings. The largest absolute Gasteiger partial charge is 0.456 e. The van der Waals surface area contributed by atoms with Crippen molar-refractivity contribution >= 4 is 90.4 Å². The summed E-state index contributed by atoms with van der Waals surface area (Å²) in [6.45, 7) is 0. The standard InChI is InChI=1S/C46H26N2O2S2/c1-5-16-41-33(11-1)47(34-12-2-6-17-42(34)51-41)27-20-22-29-32-26-40-45(31-10-9-15-37(46(31)32)49-38(29)24-27)30-23-21-28(25-39(30)50-40)48-35-13-3-7-18-43(35)52-44-19-8-4-14-36(44)48/h1-26H. The Morgan fingerprint density at radius 1 is 0.385 bits per heavy atom. The van der Waals surface area contributed by atoms with Gasteiger partial charge in [-0.3, -0.25) is 0 Å². The van der Waals surface area contributed by atoms with Crippen molar-refractivity contribution in [3.63, 3.8) is 0 Å². The quantitative estimate of drug-likeness (QED) is 0.178. The molecule has 0 bridgehead atoms. The van der Waals surface area contributed by atoms with Gasteiger partial charge in [0.2, 0.25) is 0 Å². The molecule has 3 aliphatic heterocycles. The predicted molar refractivity (Wildman–Crippen MR) is 214 cm³/mol. The number of rotatable bonds is 2.